The lowest BCUT2D eigenvalue weighted by molar-refractivity contribution is 0.327. The summed E-state index contributed by atoms with van der Waals surface area (Å²) in [6, 6.07) is 10.9. The molecule has 1 fully saturated rings. The monoisotopic (exact) mass is 513 g/mol. The first-order chi connectivity index (χ1) is 17.7. The van der Waals surface area contributed by atoms with E-state index >= 15 is 0 Å². The van der Waals surface area contributed by atoms with Crippen molar-refractivity contribution >= 4 is 43.1 Å². The van der Waals surface area contributed by atoms with Crippen molar-refractivity contribution in [2.45, 2.75) is 50.0 Å². The molecule has 0 bridgehead atoms. The molecule has 0 saturated heterocycles. The number of nitrogens with one attached hydrogen (secondary N) is 1. The second-order valence-electron chi connectivity index (χ2n) is 10.00. The first-order valence-corrected chi connectivity index (χ1v) is 13.6. The normalized spacial score (nSPS) is 14.5. The average molecular weight is 514 g/mol. The Kier molecular flexibility index (Phi) is 5.25. The van der Waals surface area contributed by atoms with Crippen molar-refractivity contribution in [1.82, 2.24) is 14.5 Å². The van der Waals surface area contributed by atoms with Gasteiger partial charge in [0.25, 0.3) is 0 Å². The summed E-state index contributed by atoms with van der Waals surface area (Å²) in [7, 11) is -4.92. The summed E-state index contributed by atoms with van der Waals surface area (Å²) in [6.45, 7) is 4.01. The molecule has 5 aromatic rings. The van der Waals surface area contributed by atoms with E-state index in [4.69, 9.17) is 6.42 Å². The van der Waals surface area contributed by atoms with E-state index in [9.17, 15) is 17.1 Å². The van der Waals surface area contributed by atoms with Crippen molar-refractivity contribution in [2.24, 2.45) is 0 Å². The third-order valence-corrected chi connectivity index (χ3v) is 8.24. The van der Waals surface area contributed by atoms with Crippen molar-refractivity contribution in [3.63, 3.8) is 0 Å². The zero-order chi connectivity index (χ0) is 26.1. The van der Waals surface area contributed by atoms with Crippen molar-refractivity contribution in [1.29, 1.82) is 0 Å². The van der Waals surface area contributed by atoms with Crippen molar-refractivity contribution < 1.29 is 12.3 Å². The van der Waals surface area contributed by atoms with Gasteiger partial charge in [-0.15, -0.1) is 10.3 Å². The number of pyridine rings is 2. The van der Waals surface area contributed by atoms with Crippen molar-refractivity contribution in [3.05, 3.63) is 70.1 Å². The molecule has 2 aromatic carbocycles. The molecule has 37 heavy (non-hydrogen) atoms. The van der Waals surface area contributed by atoms with E-state index in [-0.39, 0.29) is 17.4 Å². The van der Waals surface area contributed by atoms with Gasteiger partial charge in [0.1, 0.15) is 10.5 Å². The number of hydrogen-bond acceptors (Lipinski definition) is 4. The minimum absolute atomic E-state index is 0.0124. The quantitative estimate of drug-likeness (QED) is 0.230. The van der Waals surface area contributed by atoms with Crippen LogP contribution < -0.4 is 5.43 Å². The van der Waals surface area contributed by atoms with Gasteiger partial charge in [-0.1, -0.05) is 25.8 Å². The van der Waals surface area contributed by atoms with E-state index in [1.807, 2.05) is 44.2 Å². The number of rotatable bonds is 4. The largest absolute Gasteiger partial charge is 0.340 e. The fourth-order valence-electron chi connectivity index (χ4n) is 5.38. The summed E-state index contributed by atoms with van der Waals surface area (Å²) < 4.78 is 39.2. The Labute approximate surface area is 213 Å². The number of aromatic amines is 1. The van der Waals surface area contributed by atoms with E-state index in [0.29, 0.717) is 16.3 Å². The molecular weight excluding hydrogens is 489 g/mol. The van der Waals surface area contributed by atoms with Crippen LogP contribution in [0, 0.1) is 12.3 Å². The Hall–Kier alpha value is -3.96. The highest BCUT2D eigenvalue weighted by molar-refractivity contribution is 7.86. The minimum Gasteiger partial charge on any atom is -0.340 e. The molecule has 6 rings (SSSR count). The highest BCUT2D eigenvalue weighted by Gasteiger charge is 2.27. The van der Waals surface area contributed by atoms with Crippen LogP contribution in [0.4, 0.5) is 3.89 Å². The van der Waals surface area contributed by atoms with Gasteiger partial charge in [0.05, 0.1) is 10.9 Å². The van der Waals surface area contributed by atoms with Gasteiger partial charge in [0.15, 0.2) is 5.43 Å². The second-order valence-corrected chi connectivity index (χ2v) is 11.3. The average Bonchev–Trinajstić information content (AvgIpc) is 3.22. The summed E-state index contributed by atoms with van der Waals surface area (Å²) in [5.41, 5.74) is 5.00. The molecule has 0 unspecified atom stereocenters. The Bertz CT molecular complexity index is 1960. The Morgan fingerprint density at radius 2 is 1.92 bits per heavy atom. The van der Waals surface area contributed by atoms with Crippen LogP contribution in [0.25, 0.3) is 44.0 Å². The first-order valence-electron chi connectivity index (χ1n) is 12.2. The van der Waals surface area contributed by atoms with E-state index in [2.05, 4.69) is 20.5 Å². The van der Waals surface area contributed by atoms with Crippen LogP contribution >= 0.6 is 0 Å². The summed E-state index contributed by atoms with van der Waals surface area (Å²) in [5.74, 6) is 2.66. The number of hydrogen-bond donors (Lipinski definition) is 1. The van der Waals surface area contributed by atoms with Crippen LogP contribution in [0.1, 0.15) is 56.2 Å². The third-order valence-electron chi connectivity index (χ3n) is 7.45. The molecule has 0 atom stereocenters. The fourth-order valence-corrected chi connectivity index (χ4v) is 5.83. The van der Waals surface area contributed by atoms with Gasteiger partial charge in [-0.05, 0) is 66.6 Å². The molecule has 3 heterocycles. The van der Waals surface area contributed by atoms with Gasteiger partial charge in [-0.3, -0.25) is 9.78 Å². The maximum absolute atomic E-state index is 14.0. The Morgan fingerprint density at radius 3 is 2.57 bits per heavy atom. The predicted octanol–water partition coefficient (Wildman–Crippen LogP) is 6.19. The third kappa shape index (κ3) is 3.65. The lowest BCUT2D eigenvalue weighted by atomic mass is 9.89. The van der Waals surface area contributed by atoms with Crippen LogP contribution in [-0.2, 0) is 10.2 Å². The van der Waals surface area contributed by atoms with Gasteiger partial charge in [-0.2, -0.15) is 8.42 Å². The van der Waals surface area contributed by atoms with Gasteiger partial charge >= 0.3 is 10.2 Å². The van der Waals surface area contributed by atoms with Crippen LogP contribution in [-0.4, -0.2) is 23.0 Å². The molecule has 1 aliphatic rings. The van der Waals surface area contributed by atoms with Gasteiger partial charge in [-0.25, -0.2) is 0 Å². The lowest BCUT2D eigenvalue weighted by Crippen LogP contribution is -2.21. The molecule has 0 spiro atoms. The van der Waals surface area contributed by atoms with Crippen LogP contribution in [0.2, 0.25) is 0 Å². The molecule has 6 nitrogen and oxygen atoms in total. The maximum atomic E-state index is 14.0. The number of halogens is 1. The summed E-state index contributed by atoms with van der Waals surface area (Å²) in [4.78, 5) is 20.9. The lowest BCUT2D eigenvalue weighted by Gasteiger charge is -2.31. The molecule has 1 saturated carbocycles. The van der Waals surface area contributed by atoms with Crippen LogP contribution in [0.15, 0.2) is 58.5 Å². The molecule has 3 aromatic heterocycles. The SMILES string of the molecule is C#Cc1ccc2c(c1)[nH]c1c2c(=O)c2cc(C(C)C)c(-c3cncc(S(=O)(=O)F)c3)cc2n1C1CCC1. The molecular formula is C29H24FN3O3S. The zero-order valence-corrected chi connectivity index (χ0v) is 21.2. The first kappa shape index (κ1) is 23.4. The predicted molar refractivity (Wildman–Crippen MR) is 144 cm³/mol. The van der Waals surface area contributed by atoms with Crippen molar-refractivity contribution in [3.8, 4) is 23.5 Å². The molecule has 8 heteroatoms. The number of nitrogens with zero attached hydrogens (tertiary/aromatic N) is 2. The summed E-state index contributed by atoms with van der Waals surface area (Å²) in [6.07, 6.45) is 11.2. The number of H-pyrrole nitrogens is 1. The molecule has 0 amide bonds. The van der Waals surface area contributed by atoms with Gasteiger partial charge in [0.2, 0.25) is 0 Å². The molecule has 186 valence electrons. The van der Waals surface area contributed by atoms with Crippen LogP contribution in [0.5, 0.6) is 0 Å². The standard InChI is InChI=1S/C29H24FN3O3S/c1-4-17-8-9-21-25(10-17)32-29-27(21)28(34)24-12-22(16(2)3)23(13-26(24)33(29)19-6-5-7-19)18-11-20(15-31-14-18)37(30,35)36/h1,8-16,19,32H,5-7H2,2-3H3. The molecule has 0 aliphatic heterocycles. The van der Waals surface area contributed by atoms with E-state index in [1.54, 1.807) is 0 Å². The molecule has 0 radical (unpaired) electrons. The Morgan fingerprint density at radius 1 is 1.14 bits per heavy atom. The van der Waals surface area contributed by atoms with E-state index in [1.165, 1.54) is 12.3 Å². The van der Waals surface area contributed by atoms with Gasteiger partial charge in [0, 0.05) is 45.9 Å². The minimum atomic E-state index is -4.92. The van der Waals surface area contributed by atoms with Gasteiger partial charge < -0.3 is 9.55 Å². The second kappa shape index (κ2) is 8.29. The smallest absolute Gasteiger partial charge is 0.333 e. The summed E-state index contributed by atoms with van der Waals surface area (Å²) >= 11 is 0. The number of benzene rings is 2. The fraction of sp³-hybridized carbons (Fsp3) is 0.241. The maximum Gasteiger partial charge on any atom is 0.333 e. The highest BCUT2D eigenvalue weighted by atomic mass is 32.3. The molecule has 1 aliphatic carbocycles. The Balaban J connectivity index is 1.76. The van der Waals surface area contributed by atoms with E-state index < -0.39 is 15.1 Å². The van der Waals surface area contributed by atoms with E-state index in [0.717, 1.165) is 64.2 Å². The number of terminal acetylenes is 1. The highest BCUT2D eigenvalue weighted by Crippen LogP contribution is 2.40. The van der Waals surface area contributed by atoms with Crippen LogP contribution in [0.3, 0.4) is 0 Å². The topological polar surface area (TPSA) is 84.8 Å². The number of aromatic nitrogens is 3. The zero-order valence-electron chi connectivity index (χ0n) is 20.4. The van der Waals surface area contributed by atoms with Crippen molar-refractivity contribution in [2.75, 3.05) is 0 Å². The number of fused-ring (bicyclic) bond motifs is 4. The summed E-state index contributed by atoms with van der Waals surface area (Å²) in [5, 5.41) is 2.05. The molecule has 1 N–H and O–H groups in total.